The van der Waals surface area contributed by atoms with E-state index in [4.69, 9.17) is 5.26 Å². The van der Waals surface area contributed by atoms with Crippen LogP contribution in [0, 0.1) is 11.3 Å². The Morgan fingerprint density at radius 1 is 1.75 bits per heavy atom. The highest BCUT2D eigenvalue weighted by Gasteiger charge is 2.01. The first-order valence-corrected chi connectivity index (χ1v) is 2.82. The maximum Gasteiger partial charge on any atom is 0.0946 e. The average molecular weight is 112 g/mol. The van der Waals surface area contributed by atoms with Crippen molar-refractivity contribution in [2.45, 2.75) is 19.9 Å². The molecule has 0 rings (SSSR count). The summed E-state index contributed by atoms with van der Waals surface area (Å²) in [6.45, 7) is 4.87. The highest BCUT2D eigenvalue weighted by Crippen LogP contribution is 1.89. The van der Waals surface area contributed by atoms with Gasteiger partial charge in [0.05, 0.1) is 12.1 Å². The van der Waals surface area contributed by atoms with Gasteiger partial charge < -0.3 is 0 Å². The van der Waals surface area contributed by atoms with Crippen molar-refractivity contribution >= 4 is 0 Å². The van der Waals surface area contributed by atoms with E-state index < -0.39 is 0 Å². The molecule has 0 aromatic carbocycles. The Balaban J connectivity index is 3.49. The van der Waals surface area contributed by atoms with Crippen LogP contribution in [0.25, 0.3) is 0 Å². The first-order chi connectivity index (χ1) is 3.72. The molecular formula is C6H12N2. The van der Waals surface area contributed by atoms with Crippen molar-refractivity contribution in [1.82, 2.24) is 4.90 Å². The number of hydrogen-bond donors (Lipinski definition) is 0. The van der Waals surface area contributed by atoms with E-state index in [1.807, 2.05) is 25.8 Å². The van der Waals surface area contributed by atoms with Gasteiger partial charge in [-0.1, -0.05) is 6.92 Å². The van der Waals surface area contributed by atoms with Gasteiger partial charge in [0.2, 0.25) is 0 Å². The maximum atomic E-state index is 8.34. The Labute approximate surface area is 50.7 Å². The Morgan fingerprint density at radius 3 is 2.38 bits per heavy atom. The lowest BCUT2D eigenvalue weighted by Gasteiger charge is -2.14. The molecule has 2 heteroatoms. The van der Waals surface area contributed by atoms with Crippen LogP contribution in [0.2, 0.25) is 0 Å². The third-order valence-corrected chi connectivity index (χ3v) is 1.35. The van der Waals surface area contributed by atoms with Gasteiger partial charge >= 0.3 is 0 Å². The minimum atomic E-state index is 0.0556. The molecule has 0 spiro atoms. The van der Waals surface area contributed by atoms with Crippen LogP contribution in [0.5, 0.6) is 0 Å². The van der Waals surface area contributed by atoms with Crippen LogP contribution in [-0.4, -0.2) is 24.5 Å². The van der Waals surface area contributed by atoms with E-state index in [1.165, 1.54) is 0 Å². The molecule has 2 nitrogen and oxygen atoms in total. The van der Waals surface area contributed by atoms with E-state index in [0.29, 0.717) is 0 Å². The number of nitriles is 1. The quantitative estimate of drug-likeness (QED) is 0.529. The van der Waals surface area contributed by atoms with E-state index in [-0.39, 0.29) is 6.04 Å². The summed E-state index contributed by atoms with van der Waals surface area (Å²) in [7, 11) is 1.94. The van der Waals surface area contributed by atoms with Crippen LogP contribution >= 0.6 is 0 Å². The van der Waals surface area contributed by atoms with Crippen LogP contribution in [0.4, 0.5) is 0 Å². The topological polar surface area (TPSA) is 27.0 Å². The van der Waals surface area contributed by atoms with Crippen molar-refractivity contribution in [3.05, 3.63) is 0 Å². The largest absolute Gasteiger partial charge is 0.292 e. The van der Waals surface area contributed by atoms with E-state index in [1.54, 1.807) is 0 Å². The van der Waals surface area contributed by atoms with Gasteiger partial charge in [-0.3, -0.25) is 4.90 Å². The Kier molecular flexibility index (Phi) is 3.21. The fraction of sp³-hybridized carbons (Fsp3) is 0.833. The maximum absolute atomic E-state index is 8.34. The second-order valence-corrected chi connectivity index (χ2v) is 1.88. The molecule has 0 aromatic heterocycles. The molecule has 0 saturated carbocycles. The highest BCUT2D eigenvalue weighted by atomic mass is 15.1. The van der Waals surface area contributed by atoms with Crippen molar-refractivity contribution in [2.24, 2.45) is 0 Å². The van der Waals surface area contributed by atoms with Crippen LogP contribution in [0.1, 0.15) is 13.8 Å². The van der Waals surface area contributed by atoms with Crippen LogP contribution in [0.3, 0.4) is 0 Å². The van der Waals surface area contributed by atoms with Crippen molar-refractivity contribution < 1.29 is 0 Å². The van der Waals surface area contributed by atoms with Gasteiger partial charge in [0, 0.05) is 0 Å². The standard InChI is InChI=1S/C6H12N2/c1-4-8(3)6(2)5-7/h6H,4H2,1-3H3. The first-order valence-electron chi connectivity index (χ1n) is 2.82. The summed E-state index contributed by atoms with van der Waals surface area (Å²) in [5, 5.41) is 8.34. The summed E-state index contributed by atoms with van der Waals surface area (Å²) < 4.78 is 0. The van der Waals surface area contributed by atoms with E-state index in [2.05, 4.69) is 6.07 Å². The van der Waals surface area contributed by atoms with Crippen LogP contribution < -0.4 is 0 Å². The second-order valence-electron chi connectivity index (χ2n) is 1.88. The van der Waals surface area contributed by atoms with Gasteiger partial charge in [-0.25, -0.2) is 0 Å². The average Bonchev–Trinajstić information content (AvgIpc) is 1.84. The molecule has 1 unspecified atom stereocenters. The highest BCUT2D eigenvalue weighted by molar-refractivity contribution is 4.85. The van der Waals surface area contributed by atoms with Crippen molar-refractivity contribution in [3.8, 4) is 6.07 Å². The van der Waals surface area contributed by atoms with Crippen molar-refractivity contribution in [2.75, 3.05) is 13.6 Å². The summed E-state index contributed by atoms with van der Waals surface area (Å²) in [6, 6.07) is 2.20. The van der Waals surface area contributed by atoms with Crippen LogP contribution in [0.15, 0.2) is 0 Å². The summed E-state index contributed by atoms with van der Waals surface area (Å²) in [5.41, 5.74) is 0. The first kappa shape index (κ1) is 7.45. The number of nitrogens with zero attached hydrogens (tertiary/aromatic N) is 2. The summed E-state index contributed by atoms with van der Waals surface area (Å²) in [4.78, 5) is 1.99. The summed E-state index contributed by atoms with van der Waals surface area (Å²) in [6.07, 6.45) is 0. The molecule has 0 heterocycles. The molecule has 0 fully saturated rings. The van der Waals surface area contributed by atoms with Gasteiger partial charge in [0.15, 0.2) is 0 Å². The molecular weight excluding hydrogens is 100 g/mol. The van der Waals surface area contributed by atoms with E-state index in [9.17, 15) is 0 Å². The zero-order valence-electron chi connectivity index (χ0n) is 5.68. The van der Waals surface area contributed by atoms with Crippen molar-refractivity contribution in [1.29, 1.82) is 5.26 Å². The Hall–Kier alpha value is -0.550. The minimum absolute atomic E-state index is 0.0556. The lowest BCUT2D eigenvalue weighted by atomic mass is 10.3. The molecule has 0 aromatic rings. The molecule has 0 N–H and O–H groups in total. The monoisotopic (exact) mass is 112 g/mol. The fourth-order valence-corrected chi connectivity index (χ4v) is 0.372. The SMILES string of the molecule is CCN(C)C(C)C#N. The van der Waals surface area contributed by atoms with Crippen LogP contribution in [-0.2, 0) is 0 Å². The normalized spacial score (nSPS) is 13.4. The predicted molar refractivity (Wildman–Crippen MR) is 33.4 cm³/mol. The molecule has 0 saturated heterocycles. The Morgan fingerprint density at radius 2 is 2.25 bits per heavy atom. The lowest BCUT2D eigenvalue weighted by molar-refractivity contribution is 0.319. The van der Waals surface area contributed by atoms with Gasteiger partial charge in [0.25, 0.3) is 0 Å². The fourth-order valence-electron chi connectivity index (χ4n) is 0.372. The predicted octanol–water partition coefficient (Wildman–Crippen LogP) is 0.850. The van der Waals surface area contributed by atoms with Gasteiger partial charge in [-0.15, -0.1) is 0 Å². The number of hydrogen-bond acceptors (Lipinski definition) is 2. The summed E-state index contributed by atoms with van der Waals surface area (Å²) in [5.74, 6) is 0. The van der Waals surface area contributed by atoms with E-state index >= 15 is 0 Å². The van der Waals surface area contributed by atoms with E-state index in [0.717, 1.165) is 6.54 Å². The smallest absolute Gasteiger partial charge is 0.0946 e. The van der Waals surface area contributed by atoms with Gasteiger partial charge in [-0.05, 0) is 20.5 Å². The summed E-state index contributed by atoms with van der Waals surface area (Å²) >= 11 is 0. The minimum Gasteiger partial charge on any atom is -0.292 e. The third-order valence-electron chi connectivity index (χ3n) is 1.35. The van der Waals surface area contributed by atoms with Crippen molar-refractivity contribution in [3.63, 3.8) is 0 Å². The third kappa shape index (κ3) is 1.94. The molecule has 0 aliphatic carbocycles. The lowest BCUT2D eigenvalue weighted by Crippen LogP contribution is -2.26. The zero-order chi connectivity index (χ0) is 6.57. The molecule has 46 valence electrons. The second kappa shape index (κ2) is 3.45. The molecule has 0 radical (unpaired) electrons. The number of rotatable bonds is 2. The zero-order valence-corrected chi connectivity index (χ0v) is 5.68. The molecule has 0 aliphatic heterocycles. The molecule has 1 atom stereocenters. The Bertz CT molecular complexity index is 93.2. The van der Waals surface area contributed by atoms with Gasteiger partial charge in [0.1, 0.15) is 0 Å². The van der Waals surface area contributed by atoms with Gasteiger partial charge in [-0.2, -0.15) is 5.26 Å². The molecule has 0 bridgehead atoms. The molecule has 0 amide bonds. The molecule has 8 heavy (non-hydrogen) atoms. The molecule has 0 aliphatic rings.